The van der Waals surface area contributed by atoms with Crippen molar-refractivity contribution in [3.05, 3.63) is 121 Å². The Morgan fingerprint density at radius 2 is 0.892 bits per heavy atom. The van der Waals surface area contributed by atoms with Gasteiger partial charge in [0.1, 0.15) is 0 Å². The monoisotopic (exact) mass is 523 g/mol. The predicted molar refractivity (Wildman–Crippen MR) is 165 cm³/mol. The molecule has 1 fully saturated rings. The second-order valence-electron chi connectivity index (χ2n) is 10.1. The van der Waals surface area contributed by atoms with Crippen molar-refractivity contribution in [3.63, 3.8) is 0 Å². The molecule has 1 aliphatic rings. The second-order valence-corrected chi connectivity index (χ2v) is 14.6. The first-order valence-electron chi connectivity index (χ1n) is 13.9. The van der Waals surface area contributed by atoms with Gasteiger partial charge >= 0.3 is 0 Å². The highest BCUT2D eigenvalue weighted by Crippen LogP contribution is 2.58. The lowest BCUT2D eigenvalue weighted by Gasteiger charge is -2.46. The standard InChI is InChI=1S/C34H39NP2/c1-2-3-16-29-25-27-30(28-26-29)35(36(31-17-8-4-9-18-31)32-19-10-5-11-20-32)37(33-21-12-6-13-22-33)34-23-14-7-15-24-34/h4-15,17-24,29-30H,2-3,16,25-28H2,1H3/t29-,30+. The minimum atomic E-state index is -0.687. The number of unbranched alkanes of at least 4 members (excludes halogenated alkanes) is 1. The lowest BCUT2D eigenvalue weighted by atomic mass is 9.83. The van der Waals surface area contributed by atoms with Crippen LogP contribution in [0.25, 0.3) is 0 Å². The maximum Gasteiger partial charge on any atom is 0.0325 e. The van der Waals surface area contributed by atoms with Crippen molar-refractivity contribution < 1.29 is 0 Å². The Balaban J connectivity index is 1.63. The van der Waals surface area contributed by atoms with Gasteiger partial charge in [-0.3, -0.25) is 0 Å². The average Bonchev–Trinajstić information content (AvgIpc) is 2.98. The van der Waals surface area contributed by atoms with Gasteiger partial charge in [0.05, 0.1) is 0 Å². The summed E-state index contributed by atoms with van der Waals surface area (Å²) in [5.41, 5.74) is 0. The zero-order chi connectivity index (χ0) is 25.3. The van der Waals surface area contributed by atoms with Crippen LogP contribution < -0.4 is 21.2 Å². The molecule has 0 spiro atoms. The first-order chi connectivity index (χ1) is 18.3. The molecule has 1 aliphatic carbocycles. The number of hydrogen-bond donors (Lipinski definition) is 0. The molecule has 0 heterocycles. The molecule has 4 aromatic carbocycles. The molecule has 4 aromatic rings. The van der Waals surface area contributed by atoms with E-state index in [1.54, 1.807) is 0 Å². The largest absolute Gasteiger partial charge is 0.242 e. The van der Waals surface area contributed by atoms with Crippen LogP contribution >= 0.6 is 16.1 Å². The summed E-state index contributed by atoms with van der Waals surface area (Å²) in [6.45, 7) is 2.33. The van der Waals surface area contributed by atoms with Gasteiger partial charge < -0.3 is 0 Å². The smallest absolute Gasteiger partial charge is 0.0325 e. The molecule has 190 valence electrons. The van der Waals surface area contributed by atoms with Crippen LogP contribution in [0.15, 0.2) is 121 Å². The fourth-order valence-corrected chi connectivity index (χ4v) is 12.1. The normalized spacial score (nSPS) is 17.9. The van der Waals surface area contributed by atoms with Crippen molar-refractivity contribution in [1.82, 2.24) is 4.44 Å². The summed E-state index contributed by atoms with van der Waals surface area (Å²) < 4.78 is 3.01. The number of benzene rings is 4. The molecule has 0 bridgehead atoms. The highest BCUT2D eigenvalue weighted by atomic mass is 31.2. The van der Waals surface area contributed by atoms with Gasteiger partial charge in [-0.25, -0.2) is 4.44 Å². The quantitative estimate of drug-likeness (QED) is 0.190. The summed E-state index contributed by atoms with van der Waals surface area (Å²) in [7, 11) is -1.37. The Morgan fingerprint density at radius 1 is 0.541 bits per heavy atom. The fraction of sp³-hybridized carbons (Fsp3) is 0.294. The van der Waals surface area contributed by atoms with E-state index >= 15 is 0 Å². The molecule has 0 atom stereocenters. The van der Waals surface area contributed by atoms with Crippen LogP contribution in [0, 0.1) is 5.92 Å². The van der Waals surface area contributed by atoms with Crippen LogP contribution in [0.1, 0.15) is 51.9 Å². The summed E-state index contributed by atoms with van der Waals surface area (Å²) >= 11 is 0. The molecule has 0 amide bonds. The maximum absolute atomic E-state index is 3.01. The fourth-order valence-electron chi connectivity index (χ4n) is 5.62. The van der Waals surface area contributed by atoms with E-state index in [4.69, 9.17) is 0 Å². The molecule has 1 nitrogen and oxygen atoms in total. The lowest BCUT2D eigenvalue weighted by Crippen LogP contribution is -2.40. The van der Waals surface area contributed by atoms with Crippen molar-refractivity contribution in [1.29, 1.82) is 0 Å². The Hall–Kier alpha value is -2.30. The molecule has 0 radical (unpaired) electrons. The maximum atomic E-state index is 3.01. The molecule has 5 rings (SSSR count). The summed E-state index contributed by atoms with van der Waals surface area (Å²) in [6.07, 6.45) is 9.41. The van der Waals surface area contributed by atoms with Gasteiger partial charge in [-0.05, 0) is 52.8 Å². The molecule has 37 heavy (non-hydrogen) atoms. The third-order valence-electron chi connectivity index (χ3n) is 7.52. The molecule has 0 saturated heterocycles. The molecule has 0 unspecified atom stereocenters. The van der Waals surface area contributed by atoms with Gasteiger partial charge in [0.15, 0.2) is 0 Å². The summed E-state index contributed by atoms with van der Waals surface area (Å²) in [6, 6.07) is 45.9. The van der Waals surface area contributed by atoms with E-state index in [0.29, 0.717) is 6.04 Å². The predicted octanol–water partition coefficient (Wildman–Crippen LogP) is 8.13. The first-order valence-corrected chi connectivity index (χ1v) is 16.5. The molecular formula is C34H39NP2. The van der Waals surface area contributed by atoms with Crippen molar-refractivity contribution in [3.8, 4) is 0 Å². The van der Waals surface area contributed by atoms with E-state index in [2.05, 4.69) is 133 Å². The van der Waals surface area contributed by atoms with Gasteiger partial charge in [-0.15, -0.1) is 0 Å². The number of rotatable bonds is 10. The van der Waals surface area contributed by atoms with Crippen LogP contribution in [0.3, 0.4) is 0 Å². The summed E-state index contributed by atoms with van der Waals surface area (Å²) in [5, 5.41) is 5.82. The van der Waals surface area contributed by atoms with Gasteiger partial charge in [-0.2, -0.15) is 0 Å². The van der Waals surface area contributed by atoms with Gasteiger partial charge in [0.25, 0.3) is 0 Å². The summed E-state index contributed by atoms with van der Waals surface area (Å²) in [4.78, 5) is 0. The highest BCUT2D eigenvalue weighted by molar-refractivity contribution is 7.84. The Labute approximate surface area is 226 Å². The van der Waals surface area contributed by atoms with E-state index in [1.165, 1.54) is 66.2 Å². The third-order valence-corrected chi connectivity index (χ3v) is 13.2. The first kappa shape index (κ1) is 26.3. The minimum absolute atomic E-state index is 0.580. The van der Waals surface area contributed by atoms with E-state index < -0.39 is 16.1 Å². The zero-order valence-corrected chi connectivity index (χ0v) is 23.8. The minimum Gasteiger partial charge on any atom is -0.242 e. The van der Waals surface area contributed by atoms with E-state index in [-0.39, 0.29) is 0 Å². The van der Waals surface area contributed by atoms with Crippen molar-refractivity contribution in [2.45, 2.75) is 57.9 Å². The van der Waals surface area contributed by atoms with Crippen LogP contribution in [0.2, 0.25) is 0 Å². The molecule has 1 saturated carbocycles. The van der Waals surface area contributed by atoms with E-state index in [1.807, 2.05) is 0 Å². The lowest BCUT2D eigenvalue weighted by molar-refractivity contribution is 0.264. The van der Waals surface area contributed by atoms with Crippen molar-refractivity contribution in [2.75, 3.05) is 0 Å². The van der Waals surface area contributed by atoms with Crippen molar-refractivity contribution in [2.24, 2.45) is 5.92 Å². The molecule has 3 heteroatoms. The summed E-state index contributed by atoms with van der Waals surface area (Å²) in [5.74, 6) is 0.900. The van der Waals surface area contributed by atoms with Gasteiger partial charge in [0, 0.05) is 22.2 Å². The van der Waals surface area contributed by atoms with Crippen LogP contribution in [-0.2, 0) is 0 Å². The Morgan fingerprint density at radius 3 is 1.22 bits per heavy atom. The van der Waals surface area contributed by atoms with Gasteiger partial charge in [-0.1, -0.05) is 148 Å². The van der Waals surface area contributed by atoms with Crippen LogP contribution in [-0.4, -0.2) is 10.5 Å². The highest BCUT2D eigenvalue weighted by Gasteiger charge is 2.38. The Bertz CT molecular complexity index is 1010. The average molecular weight is 524 g/mol. The van der Waals surface area contributed by atoms with Crippen LogP contribution in [0.5, 0.6) is 0 Å². The number of nitrogens with zero attached hydrogens (tertiary/aromatic N) is 1. The molecular weight excluding hydrogens is 484 g/mol. The van der Waals surface area contributed by atoms with E-state index in [0.717, 1.165) is 5.92 Å². The third kappa shape index (κ3) is 6.59. The molecule has 0 aromatic heterocycles. The Kier molecular flexibility index (Phi) is 9.59. The number of hydrogen-bond acceptors (Lipinski definition) is 1. The SMILES string of the molecule is CCCC[C@H]1CC[C@@H](N(P(c2ccccc2)c2ccccc2)P(c2ccccc2)c2ccccc2)CC1. The van der Waals surface area contributed by atoms with E-state index in [9.17, 15) is 0 Å². The second kappa shape index (κ2) is 13.5. The van der Waals surface area contributed by atoms with Gasteiger partial charge in [0.2, 0.25) is 0 Å². The topological polar surface area (TPSA) is 3.24 Å². The van der Waals surface area contributed by atoms with Crippen LogP contribution in [0.4, 0.5) is 0 Å². The molecule has 0 aliphatic heterocycles. The zero-order valence-electron chi connectivity index (χ0n) is 22.0. The molecule has 0 N–H and O–H groups in total. The van der Waals surface area contributed by atoms with Crippen molar-refractivity contribution >= 4 is 37.4 Å².